The summed E-state index contributed by atoms with van der Waals surface area (Å²) in [5, 5.41) is 1.92. The van der Waals surface area contributed by atoms with Crippen LogP contribution in [0.2, 0.25) is 5.02 Å². The standard InChI is InChI=1S/C8H5BrClN/c9-11-5-4-6-2-1-3-7(10)8(6)11/h1-5H. The Morgan fingerprint density at radius 1 is 1.27 bits per heavy atom. The number of fused-ring (bicyclic) bond motifs is 1. The zero-order chi connectivity index (χ0) is 7.84. The van der Waals surface area contributed by atoms with Gasteiger partial charge in [0.1, 0.15) is 0 Å². The number of halogens is 2. The molecule has 0 unspecified atom stereocenters. The molecule has 0 aliphatic rings. The lowest BCUT2D eigenvalue weighted by Gasteiger charge is -1.95. The van der Waals surface area contributed by atoms with Crippen molar-refractivity contribution in [2.45, 2.75) is 0 Å². The highest BCUT2D eigenvalue weighted by atomic mass is 79.9. The molecule has 0 saturated heterocycles. The largest absolute Gasteiger partial charge is 0.282 e. The van der Waals surface area contributed by atoms with Gasteiger partial charge in [0.15, 0.2) is 0 Å². The summed E-state index contributed by atoms with van der Waals surface area (Å²) >= 11 is 9.30. The molecular weight excluding hydrogens is 225 g/mol. The van der Waals surface area contributed by atoms with Gasteiger partial charge in [0.25, 0.3) is 0 Å². The first-order valence-electron chi connectivity index (χ1n) is 3.21. The molecule has 1 aromatic carbocycles. The summed E-state index contributed by atoms with van der Waals surface area (Å²) < 4.78 is 1.84. The molecular formula is C8H5BrClN. The fourth-order valence-electron chi connectivity index (χ4n) is 1.11. The fourth-order valence-corrected chi connectivity index (χ4v) is 2.00. The highest BCUT2D eigenvalue weighted by molar-refractivity contribution is 9.08. The Kier molecular flexibility index (Phi) is 1.66. The lowest BCUT2D eigenvalue weighted by Crippen LogP contribution is -1.75. The van der Waals surface area contributed by atoms with Gasteiger partial charge < -0.3 is 0 Å². The predicted molar refractivity (Wildman–Crippen MR) is 51.3 cm³/mol. The van der Waals surface area contributed by atoms with E-state index in [9.17, 15) is 0 Å². The molecule has 0 radical (unpaired) electrons. The summed E-state index contributed by atoms with van der Waals surface area (Å²) in [6, 6.07) is 7.86. The van der Waals surface area contributed by atoms with E-state index in [0.29, 0.717) is 0 Å². The molecule has 2 rings (SSSR count). The van der Waals surface area contributed by atoms with E-state index in [1.807, 2.05) is 34.1 Å². The molecule has 1 heterocycles. The Balaban J connectivity index is 2.96. The van der Waals surface area contributed by atoms with Crippen LogP contribution in [0.15, 0.2) is 30.5 Å². The second-order valence-electron chi connectivity index (χ2n) is 2.30. The number of para-hydroxylation sites is 1. The summed E-state index contributed by atoms with van der Waals surface area (Å²) in [6.07, 6.45) is 1.93. The molecule has 0 saturated carbocycles. The molecule has 0 bridgehead atoms. The Morgan fingerprint density at radius 2 is 2.09 bits per heavy atom. The SMILES string of the molecule is Clc1cccc2ccn(Br)c12. The minimum Gasteiger partial charge on any atom is -0.282 e. The highest BCUT2D eigenvalue weighted by Gasteiger charge is 2.01. The maximum absolute atomic E-state index is 5.95. The lowest BCUT2D eigenvalue weighted by atomic mass is 10.2. The van der Waals surface area contributed by atoms with Crippen molar-refractivity contribution in [2.75, 3.05) is 0 Å². The van der Waals surface area contributed by atoms with Gasteiger partial charge in [0.2, 0.25) is 0 Å². The minimum atomic E-state index is 0.768. The Labute approximate surface area is 77.9 Å². The van der Waals surface area contributed by atoms with E-state index in [1.54, 1.807) is 0 Å². The molecule has 0 amide bonds. The molecule has 2 aromatic rings. The summed E-state index contributed by atoms with van der Waals surface area (Å²) in [6.45, 7) is 0. The van der Waals surface area contributed by atoms with Crippen LogP contribution in [-0.4, -0.2) is 3.59 Å². The highest BCUT2D eigenvalue weighted by Crippen LogP contribution is 2.25. The van der Waals surface area contributed by atoms with E-state index in [1.165, 1.54) is 0 Å². The zero-order valence-corrected chi connectivity index (χ0v) is 7.93. The average Bonchev–Trinajstić information content (AvgIpc) is 2.34. The molecule has 3 heteroatoms. The van der Waals surface area contributed by atoms with Crippen molar-refractivity contribution in [1.29, 1.82) is 0 Å². The number of benzene rings is 1. The second kappa shape index (κ2) is 2.54. The van der Waals surface area contributed by atoms with Crippen molar-refractivity contribution < 1.29 is 0 Å². The maximum atomic E-state index is 5.95. The molecule has 0 aliphatic heterocycles. The van der Waals surface area contributed by atoms with Crippen LogP contribution in [0, 0.1) is 0 Å². The fraction of sp³-hybridized carbons (Fsp3) is 0. The predicted octanol–water partition coefficient (Wildman–Crippen LogP) is 3.45. The molecule has 0 spiro atoms. The van der Waals surface area contributed by atoms with Gasteiger partial charge in [-0.3, -0.25) is 3.59 Å². The third-order valence-corrected chi connectivity index (χ3v) is 2.51. The van der Waals surface area contributed by atoms with Crippen LogP contribution in [0.1, 0.15) is 0 Å². The van der Waals surface area contributed by atoms with Crippen molar-refractivity contribution in [3.63, 3.8) is 0 Å². The van der Waals surface area contributed by atoms with E-state index in [-0.39, 0.29) is 0 Å². The Bertz CT molecular complexity index is 394. The lowest BCUT2D eigenvalue weighted by molar-refractivity contribution is 1.39. The second-order valence-corrected chi connectivity index (χ2v) is 3.48. The van der Waals surface area contributed by atoms with Crippen LogP contribution in [0.25, 0.3) is 10.9 Å². The summed E-state index contributed by atoms with van der Waals surface area (Å²) in [4.78, 5) is 0. The third kappa shape index (κ3) is 1.06. The van der Waals surface area contributed by atoms with Crippen molar-refractivity contribution in [3.8, 4) is 0 Å². The van der Waals surface area contributed by atoms with Crippen molar-refractivity contribution >= 4 is 38.7 Å². The first-order chi connectivity index (χ1) is 5.29. The van der Waals surface area contributed by atoms with Crippen LogP contribution in [0.5, 0.6) is 0 Å². The quantitative estimate of drug-likeness (QED) is 0.653. The van der Waals surface area contributed by atoms with Crippen LogP contribution in [-0.2, 0) is 0 Å². The van der Waals surface area contributed by atoms with Gasteiger partial charge in [-0.15, -0.1) is 0 Å². The summed E-state index contributed by atoms with van der Waals surface area (Å²) in [5.74, 6) is 0. The van der Waals surface area contributed by atoms with E-state index in [4.69, 9.17) is 11.6 Å². The van der Waals surface area contributed by atoms with Gasteiger partial charge in [0.05, 0.1) is 26.7 Å². The van der Waals surface area contributed by atoms with Gasteiger partial charge in [-0.05, 0) is 12.1 Å². The van der Waals surface area contributed by atoms with Gasteiger partial charge in [-0.25, -0.2) is 0 Å². The van der Waals surface area contributed by atoms with Gasteiger partial charge in [-0.1, -0.05) is 23.7 Å². The smallest absolute Gasteiger partial charge is 0.0777 e. The van der Waals surface area contributed by atoms with E-state index in [2.05, 4.69) is 16.1 Å². The van der Waals surface area contributed by atoms with Crippen molar-refractivity contribution in [3.05, 3.63) is 35.5 Å². The first kappa shape index (κ1) is 7.19. The number of nitrogens with zero attached hydrogens (tertiary/aromatic N) is 1. The minimum absolute atomic E-state index is 0.768. The van der Waals surface area contributed by atoms with Crippen LogP contribution in [0.3, 0.4) is 0 Å². The van der Waals surface area contributed by atoms with Gasteiger partial charge >= 0.3 is 0 Å². The van der Waals surface area contributed by atoms with Crippen LogP contribution in [0.4, 0.5) is 0 Å². The monoisotopic (exact) mass is 229 g/mol. The average molecular weight is 230 g/mol. The molecule has 1 nitrogen and oxygen atoms in total. The number of hydrogen-bond donors (Lipinski definition) is 0. The zero-order valence-electron chi connectivity index (χ0n) is 5.59. The van der Waals surface area contributed by atoms with Crippen LogP contribution >= 0.6 is 27.7 Å². The molecule has 0 atom stereocenters. The van der Waals surface area contributed by atoms with E-state index >= 15 is 0 Å². The molecule has 0 N–H and O–H groups in total. The molecule has 0 aliphatic carbocycles. The molecule has 0 fully saturated rings. The van der Waals surface area contributed by atoms with E-state index in [0.717, 1.165) is 15.9 Å². The van der Waals surface area contributed by atoms with Crippen molar-refractivity contribution in [2.24, 2.45) is 0 Å². The summed E-state index contributed by atoms with van der Waals surface area (Å²) in [7, 11) is 0. The van der Waals surface area contributed by atoms with Gasteiger partial charge in [0, 0.05) is 11.6 Å². The van der Waals surface area contributed by atoms with E-state index < -0.39 is 0 Å². The van der Waals surface area contributed by atoms with Crippen molar-refractivity contribution in [1.82, 2.24) is 3.59 Å². The topological polar surface area (TPSA) is 4.93 Å². The summed E-state index contributed by atoms with van der Waals surface area (Å²) in [5.41, 5.74) is 1.02. The third-order valence-electron chi connectivity index (χ3n) is 1.62. The number of hydrogen-bond acceptors (Lipinski definition) is 0. The molecule has 11 heavy (non-hydrogen) atoms. The molecule has 1 aromatic heterocycles. The number of rotatable bonds is 0. The maximum Gasteiger partial charge on any atom is 0.0777 e. The Hall–Kier alpha value is -0.470. The number of aromatic nitrogens is 1. The Morgan fingerprint density at radius 3 is 2.82 bits per heavy atom. The normalized spacial score (nSPS) is 10.7. The molecule has 56 valence electrons. The van der Waals surface area contributed by atoms with Gasteiger partial charge in [-0.2, -0.15) is 0 Å². The van der Waals surface area contributed by atoms with Crippen LogP contribution < -0.4 is 0 Å². The first-order valence-corrected chi connectivity index (χ1v) is 4.29.